The van der Waals surface area contributed by atoms with Gasteiger partial charge in [-0.2, -0.15) is 0 Å². The Hall–Kier alpha value is -3.20. The van der Waals surface area contributed by atoms with Crippen molar-refractivity contribution in [3.05, 3.63) is 78.1 Å². The second kappa shape index (κ2) is 5.15. The van der Waals surface area contributed by atoms with Gasteiger partial charge in [-0.25, -0.2) is 4.98 Å². The Morgan fingerprint density at radius 3 is 2.64 bits per heavy atom. The molecule has 0 fully saturated rings. The minimum absolute atomic E-state index is 0.990. The van der Waals surface area contributed by atoms with Gasteiger partial charge in [0.1, 0.15) is 5.65 Å². The summed E-state index contributed by atoms with van der Waals surface area (Å²) in [6, 6.07) is 19.0. The smallest absolute Gasteiger partial charge is 0.145 e. The first-order valence-corrected chi connectivity index (χ1v) is 8.44. The molecule has 0 spiro atoms. The van der Waals surface area contributed by atoms with Gasteiger partial charge < -0.3 is 0 Å². The van der Waals surface area contributed by atoms with Crippen LogP contribution in [0.25, 0.3) is 38.7 Å². The highest BCUT2D eigenvalue weighted by atomic mass is 15.0. The molecule has 2 aromatic carbocycles. The number of nitrogens with zero attached hydrogens (tertiary/aromatic N) is 3. The van der Waals surface area contributed by atoms with Crippen molar-refractivity contribution in [2.45, 2.75) is 13.8 Å². The third-order valence-corrected chi connectivity index (χ3v) is 4.96. The summed E-state index contributed by atoms with van der Waals surface area (Å²) in [4.78, 5) is 9.46. The molecule has 0 saturated heterocycles. The van der Waals surface area contributed by atoms with E-state index in [9.17, 15) is 0 Å². The van der Waals surface area contributed by atoms with Crippen LogP contribution in [-0.4, -0.2) is 14.4 Å². The fourth-order valence-corrected chi connectivity index (χ4v) is 3.38. The molecule has 0 aliphatic rings. The Morgan fingerprint density at radius 2 is 1.76 bits per heavy atom. The standard InChI is InChI=1S/C22H17N3/c1-14-11-20(23-13-15(14)2)17-8-7-16-9-10-25-21-6-4-3-5-19(21)24-22(25)18(16)12-17/h3-13H,1-2H3. The van der Waals surface area contributed by atoms with E-state index in [1.807, 2.05) is 12.3 Å². The van der Waals surface area contributed by atoms with E-state index in [2.05, 4.69) is 78.0 Å². The van der Waals surface area contributed by atoms with Gasteiger partial charge in [0.25, 0.3) is 0 Å². The van der Waals surface area contributed by atoms with E-state index in [-0.39, 0.29) is 0 Å². The fourth-order valence-electron chi connectivity index (χ4n) is 3.38. The topological polar surface area (TPSA) is 30.2 Å². The Labute approximate surface area is 145 Å². The predicted octanol–water partition coefficient (Wildman–Crippen LogP) is 5.32. The highest BCUT2D eigenvalue weighted by molar-refractivity contribution is 6.00. The van der Waals surface area contributed by atoms with Crippen LogP contribution in [-0.2, 0) is 0 Å². The third kappa shape index (κ3) is 2.13. The lowest BCUT2D eigenvalue weighted by Gasteiger charge is -2.07. The summed E-state index contributed by atoms with van der Waals surface area (Å²) >= 11 is 0. The summed E-state index contributed by atoms with van der Waals surface area (Å²) < 4.78 is 2.16. The quantitative estimate of drug-likeness (QED) is 0.418. The zero-order valence-corrected chi connectivity index (χ0v) is 14.2. The summed E-state index contributed by atoms with van der Waals surface area (Å²) in [5, 5.41) is 2.34. The molecular weight excluding hydrogens is 306 g/mol. The molecule has 0 aliphatic carbocycles. The predicted molar refractivity (Wildman–Crippen MR) is 103 cm³/mol. The molecule has 120 valence electrons. The molecule has 3 heteroatoms. The molecule has 0 unspecified atom stereocenters. The van der Waals surface area contributed by atoms with Crippen molar-refractivity contribution in [2.75, 3.05) is 0 Å². The van der Waals surface area contributed by atoms with Gasteiger partial charge in [0.15, 0.2) is 0 Å². The first kappa shape index (κ1) is 14.2. The average Bonchev–Trinajstić information content (AvgIpc) is 3.03. The van der Waals surface area contributed by atoms with Crippen molar-refractivity contribution < 1.29 is 0 Å². The summed E-state index contributed by atoms with van der Waals surface area (Å²) in [5.41, 5.74) is 7.74. The normalized spacial score (nSPS) is 11.6. The third-order valence-electron chi connectivity index (χ3n) is 4.96. The molecule has 3 aromatic heterocycles. The molecule has 3 nitrogen and oxygen atoms in total. The highest BCUT2D eigenvalue weighted by Crippen LogP contribution is 2.28. The molecule has 25 heavy (non-hydrogen) atoms. The van der Waals surface area contributed by atoms with Crippen LogP contribution in [0.4, 0.5) is 0 Å². The van der Waals surface area contributed by atoms with Crippen molar-refractivity contribution in [3.63, 3.8) is 0 Å². The Morgan fingerprint density at radius 1 is 0.880 bits per heavy atom. The lowest BCUT2D eigenvalue weighted by atomic mass is 10.0. The van der Waals surface area contributed by atoms with E-state index in [0.29, 0.717) is 0 Å². The highest BCUT2D eigenvalue weighted by Gasteiger charge is 2.09. The van der Waals surface area contributed by atoms with Crippen molar-refractivity contribution in [2.24, 2.45) is 0 Å². The first-order chi connectivity index (χ1) is 12.2. The molecule has 0 radical (unpaired) electrons. The van der Waals surface area contributed by atoms with Gasteiger partial charge in [0.2, 0.25) is 0 Å². The summed E-state index contributed by atoms with van der Waals surface area (Å²) in [7, 11) is 0. The molecule has 0 N–H and O–H groups in total. The van der Waals surface area contributed by atoms with Crippen molar-refractivity contribution in [1.82, 2.24) is 14.4 Å². The van der Waals surface area contributed by atoms with Gasteiger partial charge in [0, 0.05) is 23.3 Å². The number of para-hydroxylation sites is 2. The number of aryl methyl sites for hydroxylation is 2. The van der Waals surface area contributed by atoms with Crippen LogP contribution in [0, 0.1) is 13.8 Å². The van der Waals surface area contributed by atoms with Gasteiger partial charge >= 0.3 is 0 Å². The van der Waals surface area contributed by atoms with E-state index in [1.54, 1.807) is 0 Å². The average molecular weight is 323 g/mol. The van der Waals surface area contributed by atoms with Gasteiger partial charge in [-0.3, -0.25) is 9.38 Å². The van der Waals surface area contributed by atoms with E-state index in [4.69, 9.17) is 4.98 Å². The van der Waals surface area contributed by atoms with Crippen LogP contribution in [0.1, 0.15) is 11.1 Å². The monoisotopic (exact) mass is 323 g/mol. The number of imidazole rings is 1. The minimum atomic E-state index is 0.990. The molecule has 0 saturated carbocycles. The Bertz CT molecular complexity index is 1260. The zero-order chi connectivity index (χ0) is 17.0. The maximum atomic E-state index is 4.85. The molecule has 0 amide bonds. The van der Waals surface area contributed by atoms with Crippen LogP contribution in [0.5, 0.6) is 0 Å². The summed E-state index contributed by atoms with van der Waals surface area (Å²) in [5.74, 6) is 0. The van der Waals surface area contributed by atoms with Crippen LogP contribution < -0.4 is 0 Å². The zero-order valence-electron chi connectivity index (χ0n) is 14.2. The second-order valence-electron chi connectivity index (χ2n) is 6.57. The number of aromatic nitrogens is 3. The van der Waals surface area contributed by atoms with Crippen LogP contribution in [0.3, 0.4) is 0 Å². The van der Waals surface area contributed by atoms with Gasteiger partial charge in [0.05, 0.1) is 16.7 Å². The lowest BCUT2D eigenvalue weighted by Crippen LogP contribution is -1.90. The maximum Gasteiger partial charge on any atom is 0.145 e. The van der Waals surface area contributed by atoms with Crippen LogP contribution in [0.15, 0.2) is 67.0 Å². The van der Waals surface area contributed by atoms with E-state index < -0.39 is 0 Å². The first-order valence-electron chi connectivity index (χ1n) is 8.44. The number of hydrogen-bond acceptors (Lipinski definition) is 2. The minimum Gasteiger partial charge on any atom is -0.299 e. The number of rotatable bonds is 1. The lowest BCUT2D eigenvalue weighted by molar-refractivity contribution is 1.22. The van der Waals surface area contributed by atoms with Crippen molar-refractivity contribution in [1.29, 1.82) is 0 Å². The molecular formula is C22H17N3. The number of benzene rings is 2. The molecule has 0 bridgehead atoms. The van der Waals surface area contributed by atoms with Crippen LogP contribution >= 0.6 is 0 Å². The Kier molecular flexibility index (Phi) is 2.92. The largest absolute Gasteiger partial charge is 0.299 e. The molecule has 0 aliphatic heterocycles. The fraction of sp³-hybridized carbons (Fsp3) is 0.0909. The molecule has 3 heterocycles. The number of hydrogen-bond donors (Lipinski definition) is 0. The number of pyridine rings is 2. The summed E-state index contributed by atoms with van der Waals surface area (Å²) in [6.45, 7) is 4.22. The molecule has 5 rings (SSSR count). The van der Waals surface area contributed by atoms with Crippen molar-refractivity contribution in [3.8, 4) is 11.3 Å². The van der Waals surface area contributed by atoms with Gasteiger partial charge in [-0.15, -0.1) is 0 Å². The number of fused-ring (bicyclic) bond motifs is 5. The van der Waals surface area contributed by atoms with Crippen molar-refractivity contribution >= 4 is 27.5 Å². The molecule has 5 aromatic rings. The maximum absolute atomic E-state index is 4.85. The summed E-state index contributed by atoms with van der Waals surface area (Å²) in [6.07, 6.45) is 4.04. The SMILES string of the molecule is Cc1cnc(-c2ccc3ccn4c5ccccc5nc4c3c2)cc1C. The second-order valence-corrected chi connectivity index (χ2v) is 6.57. The van der Waals surface area contributed by atoms with E-state index in [0.717, 1.165) is 33.3 Å². The van der Waals surface area contributed by atoms with E-state index >= 15 is 0 Å². The van der Waals surface area contributed by atoms with E-state index in [1.165, 1.54) is 16.5 Å². The Balaban J connectivity index is 1.82. The van der Waals surface area contributed by atoms with Crippen LogP contribution in [0.2, 0.25) is 0 Å². The van der Waals surface area contributed by atoms with Gasteiger partial charge in [-0.1, -0.05) is 24.3 Å². The molecule has 0 atom stereocenters. The van der Waals surface area contributed by atoms with Gasteiger partial charge in [-0.05, 0) is 60.7 Å².